The Morgan fingerprint density at radius 2 is 1.87 bits per heavy atom. The predicted octanol–water partition coefficient (Wildman–Crippen LogP) is 3.58. The topological polar surface area (TPSA) is 89.9 Å². The number of benzene rings is 2. The van der Waals surface area contributed by atoms with E-state index in [1.165, 1.54) is 5.56 Å². The molecule has 0 fully saturated rings. The van der Waals surface area contributed by atoms with Crippen LogP contribution < -0.4 is 10.3 Å². The first-order valence-electron chi connectivity index (χ1n) is 10.3. The minimum Gasteiger partial charge on any atom is -0.497 e. The molecule has 2 aromatic heterocycles. The Balaban J connectivity index is 1.44. The number of aromatic nitrogens is 4. The van der Waals surface area contributed by atoms with E-state index in [1.54, 1.807) is 18.0 Å². The molecule has 0 aliphatic heterocycles. The van der Waals surface area contributed by atoms with Crippen LogP contribution in [0, 0.1) is 0 Å². The van der Waals surface area contributed by atoms with E-state index in [0.29, 0.717) is 24.0 Å². The maximum atomic E-state index is 12.7. The highest BCUT2D eigenvalue weighted by Crippen LogP contribution is 2.15. The molecule has 0 saturated carbocycles. The van der Waals surface area contributed by atoms with Crippen LogP contribution in [0.25, 0.3) is 11.0 Å². The number of Topliss-reactive ketones (excluding diaryl/α,β-unsaturated/α-hetero) is 1. The van der Waals surface area contributed by atoms with E-state index in [-0.39, 0.29) is 23.6 Å². The molecule has 158 valence electrons. The van der Waals surface area contributed by atoms with Gasteiger partial charge in [-0.25, -0.2) is 4.98 Å². The number of carbonyl (C=O) groups is 1. The molecule has 7 heteroatoms. The molecule has 0 radical (unpaired) electrons. The summed E-state index contributed by atoms with van der Waals surface area (Å²) < 4.78 is 6.87. The Morgan fingerprint density at radius 3 is 2.68 bits per heavy atom. The van der Waals surface area contributed by atoms with Crippen LogP contribution in [0.1, 0.15) is 34.6 Å². The van der Waals surface area contributed by atoms with E-state index in [0.717, 1.165) is 24.2 Å². The van der Waals surface area contributed by atoms with Gasteiger partial charge in [0.05, 0.1) is 13.3 Å². The lowest BCUT2D eigenvalue weighted by molar-refractivity contribution is 0.0973. The fourth-order valence-corrected chi connectivity index (χ4v) is 3.59. The van der Waals surface area contributed by atoms with Crippen LogP contribution >= 0.6 is 0 Å². The molecule has 0 aliphatic rings. The van der Waals surface area contributed by atoms with Crippen LogP contribution in [0.15, 0.2) is 65.6 Å². The third-order valence-electron chi connectivity index (χ3n) is 5.22. The van der Waals surface area contributed by atoms with Gasteiger partial charge in [-0.05, 0) is 42.5 Å². The Bertz CT molecular complexity index is 1240. The van der Waals surface area contributed by atoms with Gasteiger partial charge in [0.25, 0.3) is 5.56 Å². The van der Waals surface area contributed by atoms with E-state index in [9.17, 15) is 9.59 Å². The van der Waals surface area contributed by atoms with Crippen molar-refractivity contribution in [3.05, 3.63) is 88.1 Å². The van der Waals surface area contributed by atoms with E-state index in [1.807, 2.05) is 42.5 Å². The number of carbonyl (C=O) groups excluding carboxylic acids is 1. The number of nitrogens with one attached hydrogen (secondary N) is 1. The fraction of sp³-hybridized carbons (Fsp3) is 0.250. The summed E-state index contributed by atoms with van der Waals surface area (Å²) in [5.74, 6) is 0.612. The second-order valence-electron chi connectivity index (χ2n) is 7.38. The van der Waals surface area contributed by atoms with Crippen LogP contribution in [0.2, 0.25) is 0 Å². The Morgan fingerprint density at radius 1 is 1.06 bits per heavy atom. The molecule has 0 atom stereocenters. The van der Waals surface area contributed by atoms with Crippen LogP contribution in [0.5, 0.6) is 5.75 Å². The standard InChI is InChI=1S/C24H24N4O3/c1-31-19-11-5-9-18(15-19)12-13-21(29)23-26-20-16-25-28(22(20)24(30)27-23)14-6-10-17-7-3-2-4-8-17/h2-5,7-9,11,15-16H,6,10,12-14H2,1H3,(H,26,27,30). The predicted molar refractivity (Wildman–Crippen MR) is 119 cm³/mol. The van der Waals surface area contributed by atoms with E-state index < -0.39 is 0 Å². The molecular formula is C24H24N4O3. The van der Waals surface area contributed by atoms with Gasteiger partial charge in [-0.2, -0.15) is 5.10 Å². The van der Waals surface area contributed by atoms with Gasteiger partial charge in [-0.1, -0.05) is 42.5 Å². The zero-order valence-corrected chi connectivity index (χ0v) is 17.4. The smallest absolute Gasteiger partial charge is 0.277 e. The van der Waals surface area contributed by atoms with Crippen molar-refractivity contribution in [3.8, 4) is 5.75 Å². The molecule has 4 aromatic rings. The SMILES string of the molecule is COc1cccc(CCC(=O)c2nc3cnn(CCCc4ccccc4)c3c(=O)[nH]2)c1. The molecule has 0 spiro atoms. The van der Waals surface area contributed by atoms with Crippen molar-refractivity contribution in [2.24, 2.45) is 0 Å². The molecule has 4 rings (SSSR count). The van der Waals surface area contributed by atoms with Gasteiger partial charge in [0, 0.05) is 13.0 Å². The molecule has 0 amide bonds. The number of hydrogen-bond donors (Lipinski definition) is 1. The molecule has 0 unspecified atom stereocenters. The second-order valence-corrected chi connectivity index (χ2v) is 7.38. The van der Waals surface area contributed by atoms with E-state index >= 15 is 0 Å². The number of hydrogen-bond acceptors (Lipinski definition) is 5. The number of fused-ring (bicyclic) bond motifs is 1. The highest BCUT2D eigenvalue weighted by atomic mass is 16.5. The summed E-state index contributed by atoms with van der Waals surface area (Å²) in [6, 6.07) is 17.8. The van der Waals surface area contributed by atoms with Gasteiger partial charge in [0.1, 0.15) is 11.3 Å². The summed E-state index contributed by atoms with van der Waals surface area (Å²) in [6.07, 6.45) is 4.07. The number of aryl methyl sites for hydroxylation is 3. The molecule has 2 aromatic carbocycles. The minimum absolute atomic E-state index is 0.0734. The molecule has 0 aliphatic carbocycles. The number of rotatable bonds is 9. The minimum atomic E-state index is -0.341. The lowest BCUT2D eigenvalue weighted by Gasteiger charge is -2.05. The van der Waals surface area contributed by atoms with E-state index in [4.69, 9.17) is 4.74 Å². The summed E-state index contributed by atoms with van der Waals surface area (Å²) in [5.41, 5.74) is 2.73. The first-order valence-corrected chi connectivity index (χ1v) is 10.3. The van der Waals surface area contributed by atoms with Gasteiger partial charge in [-0.3, -0.25) is 14.3 Å². The van der Waals surface area contributed by atoms with Crippen molar-refractivity contribution < 1.29 is 9.53 Å². The third kappa shape index (κ3) is 4.88. The van der Waals surface area contributed by atoms with Gasteiger partial charge in [-0.15, -0.1) is 0 Å². The number of ether oxygens (including phenoxy) is 1. The molecule has 31 heavy (non-hydrogen) atoms. The summed E-state index contributed by atoms with van der Waals surface area (Å²) in [6.45, 7) is 0.603. The lowest BCUT2D eigenvalue weighted by atomic mass is 10.1. The number of methoxy groups -OCH3 is 1. The third-order valence-corrected chi connectivity index (χ3v) is 5.22. The fourth-order valence-electron chi connectivity index (χ4n) is 3.59. The van der Waals surface area contributed by atoms with Crippen molar-refractivity contribution in [2.75, 3.05) is 7.11 Å². The summed E-state index contributed by atoms with van der Waals surface area (Å²) >= 11 is 0. The van der Waals surface area contributed by atoms with Crippen LogP contribution in [-0.2, 0) is 19.4 Å². The zero-order chi connectivity index (χ0) is 21.6. The maximum Gasteiger partial charge on any atom is 0.277 e. The second kappa shape index (κ2) is 9.38. The summed E-state index contributed by atoms with van der Waals surface area (Å²) in [4.78, 5) is 32.3. The zero-order valence-electron chi connectivity index (χ0n) is 17.4. The van der Waals surface area contributed by atoms with Crippen LogP contribution in [0.4, 0.5) is 0 Å². The van der Waals surface area contributed by atoms with Crippen molar-refractivity contribution in [3.63, 3.8) is 0 Å². The highest BCUT2D eigenvalue weighted by molar-refractivity contribution is 5.94. The largest absolute Gasteiger partial charge is 0.497 e. The monoisotopic (exact) mass is 416 g/mol. The normalized spacial score (nSPS) is 11.0. The quantitative estimate of drug-likeness (QED) is 0.421. The van der Waals surface area contributed by atoms with Gasteiger partial charge in [0.15, 0.2) is 17.1 Å². The van der Waals surface area contributed by atoms with Crippen molar-refractivity contribution in [1.82, 2.24) is 19.7 Å². The average molecular weight is 416 g/mol. The Kier molecular flexibility index (Phi) is 6.21. The average Bonchev–Trinajstić information content (AvgIpc) is 3.22. The molecule has 2 heterocycles. The van der Waals surface area contributed by atoms with Crippen LogP contribution in [-0.4, -0.2) is 32.6 Å². The molecule has 1 N–H and O–H groups in total. The van der Waals surface area contributed by atoms with Crippen molar-refractivity contribution in [1.29, 1.82) is 0 Å². The molecular weight excluding hydrogens is 392 g/mol. The number of nitrogens with zero attached hydrogens (tertiary/aromatic N) is 3. The summed E-state index contributed by atoms with van der Waals surface area (Å²) in [5, 5.41) is 4.31. The Hall–Kier alpha value is -3.74. The van der Waals surface area contributed by atoms with Crippen molar-refractivity contribution in [2.45, 2.75) is 32.2 Å². The van der Waals surface area contributed by atoms with Crippen LogP contribution in [0.3, 0.4) is 0 Å². The molecule has 0 saturated heterocycles. The van der Waals surface area contributed by atoms with Crippen molar-refractivity contribution >= 4 is 16.8 Å². The van der Waals surface area contributed by atoms with Gasteiger partial charge in [0.2, 0.25) is 0 Å². The van der Waals surface area contributed by atoms with Gasteiger partial charge >= 0.3 is 0 Å². The van der Waals surface area contributed by atoms with Gasteiger partial charge < -0.3 is 9.72 Å². The first-order chi connectivity index (χ1) is 15.1. The Labute approximate surface area is 179 Å². The lowest BCUT2D eigenvalue weighted by Crippen LogP contribution is -2.18. The maximum absolute atomic E-state index is 12.7. The number of aromatic amines is 1. The molecule has 7 nitrogen and oxygen atoms in total. The summed E-state index contributed by atoms with van der Waals surface area (Å²) in [7, 11) is 1.61. The number of ketones is 1. The highest BCUT2D eigenvalue weighted by Gasteiger charge is 2.15. The first kappa shape index (κ1) is 20.5. The number of H-pyrrole nitrogens is 1. The molecule has 0 bridgehead atoms. The van der Waals surface area contributed by atoms with E-state index in [2.05, 4.69) is 27.2 Å².